The van der Waals surface area contributed by atoms with Crippen LogP contribution in [0.15, 0.2) is 6.20 Å². The molecule has 1 heterocycles. The number of aryl methyl sites for hydroxylation is 1. The second-order valence-corrected chi connectivity index (χ2v) is 4.16. The molecule has 0 amide bonds. The molecule has 1 rings (SSSR count). The van der Waals surface area contributed by atoms with Gasteiger partial charge in [0.05, 0.1) is 5.69 Å². The highest BCUT2D eigenvalue weighted by Crippen LogP contribution is 2.03. The van der Waals surface area contributed by atoms with Crippen LogP contribution in [0.1, 0.15) is 45.2 Å². The van der Waals surface area contributed by atoms with E-state index in [9.17, 15) is 0 Å². The number of rotatable bonds is 7. The smallest absolute Gasteiger partial charge is 0.0964 e. The molecule has 4 heteroatoms. The number of aromatic nitrogens is 3. The number of hydrogen-bond donors (Lipinski definition) is 1. The van der Waals surface area contributed by atoms with E-state index in [0.29, 0.717) is 6.04 Å². The van der Waals surface area contributed by atoms with Gasteiger partial charge in [0.25, 0.3) is 0 Å². The lowest BCUT2D eigenvalue weighted by Gasteiger charge is -2.11. The third-order valence-electron chi connectivity index (χ3n) is 2.52. The minimum atomic E-state index is 0.568. The van der Waals surface area contributed by atoms with Gasteiger partial charge in [0.1, 0.15) is 0 Å². The Morgan fingerprint density at radius 3 is 2.87 bits per heavy atom. The minimum absolute atomic E-state index is 0.568. The fourth-order valence-electron chi connectivity index (χ4n) is 1.56. The molecular weight excluding hydrogens is 188 g/mol. The van der Waals surface area contributed by atoms with Crippen LogP contribution in [-0.4, -0.2) is 21.0 Å². The van der Waals surface area contributed by atoms with Crippen LogP contribution in [0.5, 0.6) is 0 Å². The molecule has 0 saturated carbocycles. The molecule has 0 fully saturated rings. The summed E-state index contributed by atoms with van der Waals surface area (Å²) in [5.41, 5.74) is 1.01. The Kier molecular flexibility index (Phi) is 5.32. The predicted molar refractivity (Wildman–Crippen MR) is 61.4 cm³/mol. The van der Waals surface area contributed by atoms with Crippen molar-refractivity contribution in [2.24, 2.45) is 7.05 Å². The highest BCUT2D eigenvalue weighted by atomic mass is 15.4. The van der Waals surface area contributed by atoms with Crippen LogP contribution >= 0.6 is 0 Å². The molecule has 0 spiro atoms. The van der Waals surface area contributed by atoms with Gasteiger partial charge in [-0.05, 0) is 13.3 Å². The van der Waals surface area contributed by atoms with Crippen LogP contribution in [0.2, 0.25) is 0 Å². The van der Waals surface area contributed by atoms with Crippen molar-refractivity contribution in [1.29, 1.82) is 0 Å². The molecule has 1 N–H and O–H groups in total. The molecule has 1 unspecified atom stereocenters. The molecule has 0 bridgehead atoms. The number of unbranched alkanes of at least 4 members (excludes halogenated alkanes) is 2. The number of hydrogen-bond acceptors (Lipinski definition) is 3. The lowest BCUT2D eigenvalue weighted by molar-refractivity contribution is 0.484. The largest absolute Gasteiger partial charge is 0.309 e. The Bertz CT molecular complexity index is 269. The summed E-state index contributed by atoms with van der Waals surface area (Å²) in [6.07, 6.45) is 7.12. The maximum absolute atomic E-state index is 4.03. The van der Waals surface area contributed by atoms with Crippen molar-refractivity contribution >= 4 is 0 Å². The second-order valence-electron chi connectivity index (χ2n) is 4.16. The van der Waals surface area contributed by atoms with Crippen LogP contribution < -0.4 is 5.32 Å². The van der Waals surface area contributed by atoms with E-state index in [-0.39, 0.29) is 0 Å². The van der Waals surface area contributed by atoms with Crippen LogP contribution in [0.3, 0.4) is 0 Å². The zero-order valence-corrected chi connectivity index (χ0v) is 10.0. The highest BCUT2D eigenvalue weighted by Gasteiger charge is 2.02. The van der Waals surface area contributed by atoms with Crippen molar-refractivity contribution in [3.63, 3.8) is 0 Å². The van der Waals surface area contributed by atoms with E-state index in [0.717, 1.165) is 12.2 Å². The SMILES string of the molecule is CCCCCC(C)NCc1cn(C)nn1. The van der Waals surface area contributed by atoms with Crippen LogP contribution in [0.25, 0.3) is 0 Å². The predicted octanol–water partition coefficient (Wildman–Crippen LogP) is 1.87. The lowest BCUT2D eigenvalue weighted by Crippen LogP contribution is -2.25. The van der Waals surface area contributed by atoms with Crippen LogP contribution in [0, 0.1) is 0 Å². The van der Waals surface area contributed by atoms with Crippen molar-refractivity contribution in [3.05, 3.63) is 11.9 Å². The van der Waals surface area contributed by atoms with Crippen molar-refractivity contribution < 1.29 is 0 Å². The Morgan fingerprint density at radius 1 is 1.47 bits per heavy atom. The van der Waals surface area contributed by atoms with Gasteiger partial charge in [-0.3, -0.25) is 4.68 Å². The van der Waals surface area contributed by atoms with E-state index in [4.69, 9.17) is 0 Å². The van der Waals surface area contributed by atoms with Gasteiger partial charge < -0.3 is 5.32 Å². The quantitative estimate of drug-likeness (QED) is 0.699. The third-order valence-corrected chi connectivity index (χ3v) is 2.52. The first-order valence-corrected chi connectivity index (χ1v) is 5.81. The Hall–Kier alpha value is -0.900. The summed E-state index contributed by atoms with van der Waals surface area (Å²) in [4.78, 5) is 0. The van der Waals surface area contributed by atoms with Gasteiger partial charge in [0.15, 0.2) is 0 Å². The maximum atomic E-state index is 4.03. The van der Waals surface area contributed by atoms with Gasteiger partial charge in [-0.25, -0.2) is 0 Å². The van der Waals surface area contributed by atoms with Gasteiger partial charge in [0, 0.05) is 25.8 Å². The van der Waals surface area contributed by atoms with E-state index in [1.54, 1.807) is 4.68 Å². The fraction of sp³-hybridized carbons (Fsp3) is 0.818. The summed E-state index contributed by atoms with van der Waals surface area (Å²) in [6.45, 7) is 5.28. The van der Waals surface area contributed by atoms with Crippen molar-refractivity contribution in [1.82, 2.24) is 20.3 Å². The first-order chi connectivity index (χ1) is 7.22. The Morgan fingerprint density at radius 2 is 2.27 bits per heavy atom. The van der Waals surface area contributed by atoms with Crippen molar-refractivity contribution in [3.8, 4) is 0 Å². The average molecular weight is 210 g/mol. The summed E-state index contributed by atoms with van der Waals surface area (Å²) in [6, 6.07) is 0.568. The van der Waals surface area contributed by atoms with Gasteiger partial charge in [0.2, 0.25) is 0 Å². The normalized spacial score (nSPS) is 13.0. The first-order valence-electron chi connectivity index (χ1n) is 5.81. The molecule has 1 atom stereocenters. The van der Waals surface area contributed by atoms with E-state index >= 15 is 0 Å². The summed E-state index contributed by atoms with van der Waals surface area (Å²) in [7, 11) is 1.89. The topological polar surface area (TPSA) is 42.7 Å². The summed E-state index contributed by atoms with van der Waals surface area (Å²) in [5, 5.41) is 11.4. The van der Waals surface area contributed by atoms with Crippen LogP contribution in [0.4, 0.5) is 0 Å². The molecule has 0 aliphatic rings. The molecule has 0 saturated heterocycles. The summed E-state index contributed by atoms with van der Waals surface area (Å²) < 4.78 is 1.73. The van der Waals surface area contributed by atoms with Gasteiger partial charge in [-0.15, -0.1) is 5.10 Å². The average Bonchev–Trinajstić information content (AvgIpc) is 2.62. The number of nitrogens with zero attached hydrogens (tertiary/aromatic N) is 3. The molecule has 4 nitrogen and oxygen atoms in total. The molecule has 0 aliphatic heterocycles. The maximum Gasteiger partial charge on any atom is 0.0964 e. The highest BCUT2D eigenvalue weighted by molar-refractivity contribution is 4.91. The summed E-state index contributed by atoms with van der Waals surface area (Å²) in [5.74, 6) is 0. The second kappa shape index (κ2) is 6.56. The third kappa shape index (κ3) is 4.93. The molecular formula is C11H22N4. The monoisotopic (exact) mass is 210 g/mol. The fourth-order valence-corrected chi connectivity index (χ4v) is 1.56. The van der Waals surface area contributed by atoms with E-state index in [2.05, 4.69) is 29.5 Å². The molecule has 1 aromatic rings. The zero-order chi connectivity index (χ0) is 11.1. The van der Waals surface area contributed by atoms with Gasteiger partial charge >= 0.3 is 0 Å². The minimum Gasteiger partial charge on any atom is -0.309 e. The lowest BCUT2D eigenvalue weighted by atomic mass is 10.1. The molecule has 0 radical (unpaired) electrons. The molecule has 1 aromatic heterocycles. The number of nitrogens with one attached hydrogen (secondary N) is 1. The Labute approximate surface area is 92.1 Å². The Balaban J connectivity index is 2.13. The van der Waals surface area contributed by atoms with E-state index < -0.39 is 0 Å². The molecule has 0 aromatic carbocycles. The van der Waals surface area contributed by atoms with E-state index in [1.165, 1.54) is 25.7 Å². The standard InChI is InChI=1S/C11H22N4/c1-4-5-6-7-10(2)12-8-11-9-15(3)14-13-11/h9-10,12H,4-8H2,1-3H3. The van der Waals surface area contributed by atoms with Gasteiger partial charge in [-0.1, -0.05) is 31.4 Å². The molecule has 86 valence electrons. The van der Waals surface area contributed by atoms with Gasteiger partial charge in [-0.2, -0.15) is 0 Å². The van der Waals surface area contributed by atoms with Crippen molar-refractivity contribution in [2.75, 3.05) is 0 Å². The summed E-state index contributed by atoms with van der Waals surface area (Å²) >= 11 is 0. The molecule has 15 heavy (non-hydrogen) atoms. The van der Waals surface area contributed by atoms with E-state index in [1.807, 2.05) is 13.2 Å². The first kappa shape index (κ1) is 12.2. The van der Waals surface area contributed by atoms with Crippen molar-refractivity contribution in [2.45, 2.75) is 52.1 Å². The zero-order valence-electron chi connectivity index (χ0n) is 10.0. The molecule has 0 aliphatic carbocycles. The van der Waals surface area contributed by atoms with Crippen LogP contribution in [-0.2, 0) is 13.6 Å².